The van der Waals surface area contributed by atoms with Gasteiger partial charge in [0.05, 0.1) is 24.0 Å². The molecule has 15 nitrogen and oxygen atoms in total. The Hall–Kier alpha value is -3.12. The maximum absolute atomic E-state index is 12.1. The number of esters is 2. The molecule has 1 aliphatic rings. The van der Waals surface area contributed by atoms with E-state index in [-0.39, 0.29) is 18.4 Å². The van der Waals surface area contributed by atoms with E-state index in [0.29, 0.717) is 24.0 Å². The van der Waals surface area contributed by atoms with E-state index >= 15 is 0 Å². The summed E-state index contributed by atoms with van der Waals surface area (Å²) in [5.74, 6) is 1.64. The van der Waals surface area contributed by atoms with E-state index in [2.05, 4.69) is 20.9 Å². The molecule has 1 aliphatic heterocycles. The molecule has 0 radical (unpaired) electrons. The van der Waals surface area contributed by atoms with E-state index in [1.165, 1.54) is 13.4 Å². The SMILES string of the molecule is C#CC1(n2cnc3c(OC)nc(N)nc32)CCC(CO[P+](O)(OCOC(=O)C(C)(C)C)OCOC(=O)C(C)(C)C)O1. The Balaban J connectivity index is 1.71. The van der Waals surface area contributed by atoms with Gasteiger partial charge in [-0.05, 0) is 53.9 Å². The van der Waals surface area contributed by atoms with Crippen molar-refractivity contribution >= 4 is 37.2 Å². The number of hydrogen-bond donors (Lipinski definition) is 2. The van der Waals surface area contributed by atoms with Gasteiger partial charge in [0.2, 0.25) is 31.1 Å². The molecule has 41 heavy (non-hydrogen) atoms. The molecule has 0 aliphatic carbocycles. The fourth-order valence-corrected chi connectivity index (χ4v) is 4.48. The molecule has 0 saturated carbocycles. The van der Waals surface area contributed by atoms with Crippen molar-refractivity contribution in [2.45, 2.75) is 66.2 Å². The van der Waals surface area contributed by atoms with Crippen LogP contribution in [0.3, 0.4) is 0 Å². The first kappa shape index (κ1) is 32.4. The molecule has 2 atom stereocenters. The molecule has 2 aromatic heterocycles. The highest BCUT2D eigenvalue weighted by molar-refractivity contribution is 7.55. The van der Waals surface area contributed by atoms with Crippen molar-refractivity contribution in [2.75, 3.05) is 33.0 Å². The Morgan fingerprint density at radius 2 is 1.73 bits per heavy atom. The van der Waals surface area contributed by atoms with Gasteiger partial charge in [-0.15, -0.1) is 15.5 Å². The molecular weight excluding hydrogens is 561 g/mol. The number of nitrogens with two attached hydrogens (primary N) is 1. The average molecular weight is 599 g/mol. The number of terminal acetylenes is 1. The van der Waals surface area contributed by atoms with Gasteiger partial charge in [-0.1, -0.05) is 0 Å². The minimum atomic E-state index is -4.16. The second-order valence-electron chi connectivity index (χ2n) is 11.2. The molecule has 0 spiro atoms. The molecule has 1 fully saturated rings. The summed E-state index contributed by atoms with van der Waals surface area (Å²) in [5.41, 5.74) is 3.56. The van der Waals surface area contributed by atoms with Gasteiger partial charge in [-0.25, -0.2) is 4.98 Å². The molecule has 3 heterocycles. The lowest BCUT2D eigenvalue weighted by Gasteiger charge is -2.25. The number of carbonyl (C=O) groups excluding carboxylic acids is 2. The predicted octanol–water partition coefficient (Wildman–Crippen LogP) is 2.70. The molecule has 0 amide bonds. The number of hydrogen-bond acceptors (Lipinski definition) is 14. The third kappa shape index (κ3) is 7.79. The third-order valence-corrected chi connectivity index (χ3v) is 7.16. The van der Waals surface area contributed by atoms with Crippen LogP contribution in [0.5, 0.6) is 5.88 Å². The van der Waals surface area contributed by atoms with Gasteiger partial charge in [0, 0.05) is 6.42 Å². The number of nitrogens with zero attached hydrogens (tertiary/aromatic N) is 4. The summed E-state index contributed by atoms with van der Waals surface area (Å²) in [7, 11) is -2.73. The maximum Gasteiger partial charge on any atom is 0.579 e. The second-order valence-corrected chi connectivity index (χ2v) is 12.9. The Bertz CT molecular complexity index is 1270. The summed E-state index contributed by atoms with van der Waals surface area (Å²) in [6.45, 7) is 8.37. The molecule has 226 valence electrons. The number of ether oxygens (including phenoxy) is 4. The topological polar surface area (TPSA) is 189 Å². The quantitative estimate of drug-likeness (QED) is 0.166. The maximum atomic E-state index is 12.1. The third-order valence-electron chi connectivity index (χ3n) is 5.82. The van der Waals surface area contributed by atoms with Gasteiger partial charge in [-0.3, -0.25) is 14.2 Å². The van der Waals surface area contributed by atoms with Crippen LogP contribution in [0.4, 0.5) is 5.95 Å². The van der Waals surface area contributed by atoms with Crippen LogP contribution in [0.25, 0.3) is 11.2 Å². The zero-order chi connectivity index (χ0) is 30.6. The van der Waals surface area contributed by atoms with E-state index in [1.807, 2.05) is 0 Å². The number of fused-ring (bicyclic) bond motifs is 1. The van der Waals surface area contributed by atoms with Crippen LogP contribution in [0.15, 0.2) is 6.33 Å². The number of carbonyl (C=O) groups is 2. The van der Waals surface area contributed by atoms with Crippen LogP contribution >= 0.6 is 8.17 Å². The van der Waals surface area contributed by atoms with E-state index in [0.717, 1.165) is 0 Å². The summed E-state index contributed by atoms with van der Waals surface area (Å²) >= 11 is 0. The zero-order valence-electron chi connectivity index (χ0n) is 24.2. The highest BCUT2D eigenvalue weighted by Crippen LogP contribution is 2.58. The summed E-state index contributed by atoms with van der Waals surface area (Å²) in [6, 6.07) is 0. The first-order chi connectivity index (χ1) is 19.0. The largest absolute Gasteiger partial charge is 0.579 e. The smallest absolute Gasteiger partial charge is 0.479 e. The minimum absolute atomic E-state index is 0.0374. The van der Waals surface area contributed by atoms with Crippen molar-refractivity contribution in [1.82, 2.24) is 19.5 Å². The van der Waals surface area contributed by atoms with Crippen molar-refractivity contribution in [2.24, 2.45) is 10.8 Å². The van der Waals surface area contributed by atoms with Crippen LogP contribution in [0.1, 0.15) is 54.4 Å². The van der Waals surface area contributed by atoms with E-state index in [9.17, 15) is 14.5 Å². The lowest BCUT2D eigenvalue weighted by molar-refractivity contribution is -0.165. The molecular formula is C25H37N5O10P+. The predicted molar refractivity (Wildman–Crippen MR) is 145 cm³/mol. The van der Waals surface area contributed by atoms with Gasteiger partial charge in [0.15, 0.2) is 11.2 Å². The highest BCUT2D eigenvalue weighted by Gasteiger charge is 2.50. The van der Waals surface area contributed by atoms with Crippen LogP contribution in [-0.4, -0.2) is 69.8 Å². The van der Waals surface area contributed by atoms with Gasteiger partial charge < -0.3 is 24.7 Å². The minimum Gasteiger partial charge on any atom is -0.479 e. The highest BCUT2D eigenvalue weighted by atomic mass is 31.2. The lowest BCUT2D eigenvalue weighted by atomic mass is 9.98. The monoisotopic (exact) mass is 598 g/mol. The first-order valence-electron chi connectivity index (χ1n) is 12.6. The second kappa shape index (κ2) is 12.4. The van der Waals surface area contributed by atoms with Crippen LogP contribution in [0, 0.1) is 23.2 Å². The normalized spacial score (nSPS) is 19.6. The molecule has 16 heteroatoms. The summed E-state index contributed by atoms with van der Waals surface area (Å²) in [4.78, 5) is 47.8. The van der Waals surface area contributed by atoms with Crippen LogP contribution in [0.2, 0.25) is 0 Å². The number of aromatic nitrogens is 4. The molecule has 0 bridgehead atoms. The van der Waals surface area contributed by atoms with E-state index in [1.54, 1.807) is 46.1 Å². The number of imidazole rings is 1. The zero-order valence-corrected chi connectivity index (χ0v) is 25.1. The van der Waals surface area contributed by atoms with Crippen molar-refractivity contribution in [1.29, 1.82) is 0 Å². The van der Waals surface area contributed by atoms with Gasteiger partial charge >= 0.3 is 20.1 Å². The molecule has 0 aromatic carbocycles. The van der Waals surface area contributed by atoms with Crippen molar-refractivity contribution in [3.63, 3.8) is 0 Å². The van der Waals surface area contributed by atoms with Crippen LogP contribution < -0.4 is 10.5 Å². The molecule has 1 saturated heterocycles. The number of anilines is 1. The van der Waals surface area contributed by atoms with Crippen molar-refractivity contribution < 1.29 is 47.0 Å². The molecule has 2 aromatic rings. The Morgan fingerprint density at radius 1 is 1.15 bits per heavy atom. The van der Waals surface area contributed by atoms with Gasteiger partial charge in [-0.2, -0.15) is 19.4 Å². The standard InChI is InChI=1S/C25H37N5O10P/c1-9-25(30-13-27-17-18(30)28-22(26)29-19(17)34-8)11-10-16(40-25)12-37-41(33,38-14-35-20(31)23(2,3)4)39-15-36-21(32)24(5,6)7/h1,13,16,33H,10-12,14-15H2,2-8H3,(H2,26,28,29)/q+1. The van der Waals surface area contributed by atoms with Gasteiger partial charge in [0.25, 0.3) is 0 Å². The fourth-order valence-electron chi connectivity index (χ4n) is 3.53. The number of methoxy groups -OCH3 is 1. The van der Waals surface area contributed by atoms with Crippen LogP contribution in [-0.2, 0) is 43.1 Å². The Kier molecular flexibility index (Phi) is 9.80. The lowest BCUT2D eigenvalue weighted by Crippen LogP contribution is -2.33. The molecule has 2 unspecified atom stereocenters. The van der Waals surface area contributed by atoms with Gasteiger partial charge in [0.1, 0.15) is 12.9 Å². The van der Waals surface area contributed by atoms with Crippen molar-refractivity contribution in [3.05, 3.63) is 6.33 Å². The van der Waals surface area contributed by atoms with E-state index < -0.39 is 56.4 Å². The molecule has 3 rings (SSSR count). The summed E-state index contributed by atoms with van der Waals surface area (Å²) < 4.78 is 39.3. The summed E-state index contributed by atoms with van der Waals surface area (Å²) in [6.07, 6.45) is 7.45. The van der Waals surface area contributed by atoms with E-state index in [4.69, 9.17) is 44.7 Å². The number of rotatable bonds is 11. The number of nitrogen functional groups attached to an aromatic ring is 1. The fraction of sp³-hybridized carbons (Fsp3) is 0.640. The Morgan fingerprint density at radius 3 is 2.24 bits per heavy atom. The average Bonchev–Trinajstić information content (AvgIpc) is 3.51. The Labute approximate surface area is 238 Å². The molecule has 3 N–H and O–H groups in total. The van der Waals surface area contributed by atoms with Crippen molar-refractivity contribution in [3.8, 4) is 18.2 Å². The summed E-state index contributed by atoms with van der Waals surface area (Å²) in [5, 5.41) is 0. The first-order valence-corrected chi connectivity index (χ1v) is 14.1.